The minimum atomic E-state index is -0.164. The second kappa shape index (κ2) is 9.53. The van der Waals surface area contributed by atoms with Gasteiger partial charge in [-0.2, -0.15) is 0 Å². The number of halogens is 1. The minimum absolute atomic E-state index is 0.0326. The Kier molecular flexibility index (Phi) is 6.85. The monoisotopic (exact) mass is 397 g/mol. The lowest BCUT2D eigenvalue weighted by Gasteiger charge is -2.28. The van der Waals surface area contributed by atoms with E-state index in [-0.39, 0.29) is 24.9 Å². The standard InChI is InChI=1S/C22H24ClN3O2/c1-25(15-21(27)24-20-9-7-19(23)8-10-20)16-22(28)26-13-11-18(12-14-26)17-5-3-2-4-6-17/h2-11H,12-16H2,1H3,(H,24,27). The van der Waals surface area contributed by atoms with Gasteiger partial charge in [-0.05, 0) is 48.9 Å². The van der Waals surface area contributed by atoms with Gasteiger partial charge in [-0.3, -0.25) is 14.5 Å². The Morgan fingerprint density at radius 2 is 1.79 bits per heavy atom. The molecule has 0 aliphatic carbocycles. The predicted octanol–water partition coefficient (Wildman–Crippen LogP) is 3.53. The van der Waals surface area contributed by atoms with E-state index in [9.17, 15) is 9.59 Å². The highest BCUT2D eigenvalue weighted by Crippen LogP contribution is 2.22. The maximum Gasteiger partial charge on any atom is 0.238 e. The summed E-state index contributed by atoms with van der Waals surface area (Å²) < 4.78 is 0. The molecule has 3 rings (SSSR count). The molecule has 1 aliphatic rings. The number of nitrogens with zero attached hydrogens (tertiary/aromatic N) is 2. The summed E-state index contributed by atoms with van der Waals surface area (Å²) in [4.78, 5) is 28.2. The molecule has 0 saturated carbocycles. The van der Waals surface area contributed by atoms with Crippen LogP contribution in [0.5, 0.6) is 0 Å². The first-order valence-corrected chi connectivity index (χ1v) is 9.65. The van der Waals surface area contributed by atoms with Crippen molar-refractivity contribution in [1.29, 1.82) is 0 Å². The highest BCUT2D eigenvalue weighted by Gasteiger charge is 2.20. The summed E-state index contributed by atoms with van der Waals surface area (Å²) >= 11 is 5.84. The van der Waals surface area contributed by atoms with Gasteiger partial charge in [0.2, 0.25) is 11.8 Å². The van der Waals surface area contributed by atoms with Crippen molar-refractivity contribution in [1.82, 2.24) is 9.80 Å². The van der Waals surface area contributed by atoms with Gasteiger partial charge in [0.05, 0.1) is 13.1 Å². The Hall–Kier alpha value is -2.63. The van der Waals surface area contributed by atoms with Crippen molar-refractivity contribution in [3.63, 3.8) is 0 Å². The number of hydrogen-bond donors (Lipinski definition) is 1. The number of benzene rings is 2. The van der Waals surface area contributed by atoms with Crippen LogP contribution < -0.4 is 5.32 Å². The number of amides is 2. The van der Waals surface area contributed by atoms with E-state index in [1.807, 2.05) is 23.1 Å². The molecule has 0 saturated heterocycles. The van der Waals surface area contributed by atoms with E-state index in [0.717, 1.165) is 6.42 Å². The fourth-order valence-electron chi connectivity index (χ4n) is 3.18. The normalized spacial score (nSPS) is 14.0. The zero-order valence-electron chi connectivity index (χ0n) is 15.9. The number of nitrogens with one attached hydrogen (secondary N) is 1. The number of carbonyl (C=O) groups excluding carboxylic acids is 2. The lowest BCUT2D eigenvalue weighted by molar-refractivity contribution is -0.132. The predicted molar refractivity (Wildman–Crippen MR) is 113 cm³/mol. The molecule has 2 amide bonds. The molecule has 0 spiro atoms. The maximum atomic E-state index is 12.5. The maximum absolute atomic E-state index is 12.5. The second-order valence-electron chi connectivity index (χ2n) is 6.91. The van der Waals surface area contributed by atoms with Crippen molar-refractivity contribution < 1.29 is 9.59 Å². The molecular weight excluding hydrogens is 374 g/mol. The summed E-state index contributed by atoms with van der Waals surface area (Å²) in [5.41, 5.74) is 3.18. The van der Waals surface area contributed by atoms with E-state index in [0.29, 0.717) is 23.8 Å². The van der Waals surface area contributed by atoms with Crippen molar-refractivity contribution in [3.05, 3.63) is 71.3 Å². The SMILES string of the molecule is CN(CC(=O)Nc1ccc(Cl)cc1)CC(=O)N1CC=C(c2ccccc2)CC1. The molecule has 2 aromatic carbocycles. The minimum Gasteiger partial charge on any atom is -0.338 e. The first kappa shape index (κ1) is 20.1. The lowest BCUT2D eigenvalue weighted by atomic mass is 9.99. The molecule has 0 unspecified atom stereocenters. The fourth-order valence-corrected chi connectivity index (χ4v) is 3.30. The second-order valence-corrected chi connectivity index (χ2v) is 7.35. The van der Waals surface area contributed by atoms with Crippen LogP contribution in [0.1, 0.15) is 12.0 Å². The Morgan fingerprint density at radius 3 is 2.43 bits per heavy atom. The number of likely N-dealkylation sites (N-methyl/N-ethyl adjacent to an activating group) is 1. The molecule has 0 aromatic heterocycles. The summed E-state index contributed by atoms with van der Waals surface area (Å²) in [5.74, 6) is -0.132. The van der Waals surface area contributed by atoms with Crippen LogP contribution in [0.4, 0.5) is 5.69 Å². The van der Waals surface area contributed by atoms with Crippen LogP contribution in [0.15, 0.2) is 60.7 Å². The Labute approximate surface area is 170 Å². The Morgan fingerprint density at radius 1 is 1.07 bits per heavy atom. The van der Waals surface area contributed by atoms with E-state index < -0.39 is 0 Å². The number of anilines is 1. The van der Waals surface area contributed by atoms with Crippen LogP contribution >= 0.6 is 11.6 Å². The fraction of sp³-hybridized carbons (Fsp3) is 0.273. The van der Waals surface area contributed by atoms with Crippen LogP contribution in [0.2, 0.25) is 5.02 Å². The van der Waals surface area contributed by atoms with Gasteiger partial charge >= 0.3 is 0 Å². The average molecular weight is 398 g/mol. The molecule has 28 heavy (non-hydrogen) atoms. The Balaban J connectivity index is 1.46. The van der Waals surface area contributed by atoms with Crippen LogP contribution in [0.25, 0.3) is 5.57 Å². The summed E-state index contributed by atoms with van der Waals surface area (Å²) in [5, 5.41) is 3.42. The first-order valence-electron chi connectivity index (χ1n) is 9.27. The van der Waals surface area contributed by atoms with Crippen molar-refractivity contribution >= 4 is 34.7 Å². The zero-order chi connectivity index (χ0) is 19.9. The third kappa shape index (κ3) is 5.68. The highest BCUT2D eigenvalue weighted by atomic mass is 35.5. The van der Waals surface area contributed by atoms with E-state index in [1.54, 1.807) is 36.2 Å². The van der Waals surface area contributed by atoms with Gasteiger partial charge < -0.3 is 10.2 Å². The van der Waals surface area contributed by atoms with Gasteiger partial charge in [0.15, 0.2) is 0 Å². The number of carbonyl (C=O) groups is 2. The van der Waals surface area contributed by atoms with Gasteiger partial charge in [-0.25, -0.2) is 0 Å². The lowest BCUT2D eigenvalue weighted by Crippen LogP contribution is -2.42. The molecule has 146 valence electrons. The largest absolute Gasteiger partial charge is 0.338 e. The molecule has 0 radical (unpaired) electrons. The molecule has 2 aromatic rings. The Bertz CT molecular complexity index is 850. The summed E-state index contributed by atoms with van der Waals surface area (Å²) in [6.45, 7) is 1.66. The molecule has 0 bridgehead atoms. The van der Waals surface area contributed by atoms with Crippen LogP contribution in [-0.2, 0) is 9.59 Å². The van der Waals surface area contributed by atoms with Gasteiger partial charge in [0.1, 0.15) is 0 Å². The summed E-state index contributed by atoms with van der Waals surface area (Å²) in [6, 6.07) is 17.2. The van der Waals surface area contributed by atoms with Gasteiger partial charge in [-0.1, -0.05) is 48.0 Å². The summed E-state index contributed by atoms with van der Waals surface area (Å²) in [6.07, 6.45) is 2.96. The average Bonchev–Trinajstić information content (AvgIpc) is 2.70. The van der Waals surface area contributed by atoms with E-state index in [4.69, 9.17) is 11.6 Å². The molecule has 1 N–H and O–H groups in total. The molecule has 0 atom stereocenters. The molecule has 1 aliphatic heterocycles. The quantitative estimate of drug-likeness (QED) is 0.811. The van der Waals surface area contributed by atoms with E-state index in [1.165, 1.54) is 11.1 Å². The zero-order valence-corrected chi connectivity index (χ0v) is 16.7. The third-order valence-corrected chi connectivity index (χ3v) is 4.91. The van der Waals surface area contributed by atoms with Crippen molar-refractivity contribution in [2.75, 3.05) is 38.5 Å². The molecule has 0 fully saturated rings. The first-order chi connectivity index (χ1) is 13.5. The van der Waals surface area contributed by atoms with E-state index in [2.05, 4.69) is 23.5 Å². The van der Waals surface area contributed by atoms with Gasteiger partial charge in [-0.15, -0.1) is 0 Å². The summed E-state index contributed by atoms with van der Waals surface area (Å²) in [7, 11) is 1.77. The number of rotatable bonds is 6. The van der Waals surface area contributed by atoms with Crippen molar-refractivity contribution in [3.8, 4) is 0 Å². The molecule has 1 heterocycles. The van der Waals surface area contributed by atoms with Crippen molar-refractivity contribution in [2.24, 2.45) is 0 Å². The third-order valence-electron chi connectivity index (χ3n) is 4.65. The van der Waals surface area contributed by atoms with Gasteiger partial charge in [0, 0.05) is 23.8 Å². The van der Waals surface area contributed by atoms with Crippen LogP contribution in [-0.4, -0.2) is 54.8 Å². The van der Waals surface area contributed by atoms with Gasteiger partial charge in [0.25, 0.3) is 0 Å². The highest BCUT2D eigenvalue weighted by molar-refractivity contribution is 6.30. The van der Waals surface area contributed by atoms with Crippen LogP contribution in [0.3, 0.4) is 0 Å². The number of hydrogen-bond acceptors (Lipinski definition) is 3. The molecular formula is C22H24ClN3O2. The topological polar surface area (TPSA) is 52.7 Å². The van der Waals surface area contributed by atoms with Crippen molar-refractivity contribution in [2.45, 2.75) is 6.42 Å². The smallest absolute Gasteiger partial charge is 0.238 e. The van der Waals surface area contributed by atoms with E-state index >= 15 is 0 Å². The van der Waals surface area contributed by atoms with Crippen LogP contribution in [0, 0.1) is 0 Å². The molecule has 6 heteroatoms. The molecule has 5 nitrogen and oxygen atoms in total.